The van der Waals surface area contributed by atoms with Gasteiger partial charge in [0.15, 0.2) is 0 Å². The summed E-state index contributed by atoms with van der Waals surface area (Å²) in [6.45, 7) is 1.83. The molecule has 0 spiro atoms. The first-order valence-electron chi connectivity index (χ1n) is 8.42. The number of ether oxygens (including phenoxy) is 2. The zero-order chi connectivity index (χ0) is 19.3. The highest BCUT2D eigenvalue weighted by molar-refractivity contribution is 5.79. The fourth-order valence-electron chi connectivity index (χ4n) is 2.57. The third kappa shape index (κ3) is 4.44. The molecule has 5 heteroatoms. The molecule has 0 amide bonds. The Morgan fingerprint density at radius 2 is 1.52 bits per heavy atom. The van der Waals surface area contributed by atoms with E-state index in [9.17, 15) is 14.3 Å². The van der Waals surface area contributed by atoms with Crippen molar-refractivity contribution in [3.63, 3.8) is 0 Å². The Kier molecular flexibility index (Phi) is 5.41. The highest BCUT2D eigenvalue weighted by Crippen LogP contribution is 2.29. The summed E-state index contributed by atoms with van der Waals surface area (Å²) >= 11 is 0. The number of aliphatic carboxylic acids is 1. The molecule has 0 heterocycles. The van der Waals surface area contributed by atoms with E-state index in [0.29, 0.717) is 23.7 Å². The summed E-state index contributed by atoms with van der Waals surface area (Å²) in [6, 6.07) is 21.6. The van der Waals surface area contributed by atoms with Gasteiger partial charge in [-0.25, -0.2) is 9.18 Å². The fraction of sp³-hybridized carbons (Fsp3) is 0.136. The van der Waals surface area contributed by atoms with Crippen LogP contribution in [0.1, 0.15) is 18.1 Å². The third-order valence-corrected chi connectivity index (χ3v) is 4.20. The van der Waals surface area contributed by atoms with Gasteiger partial charge in [-0.2, -0.15) is 0 Å². The predicted octanol–water partition coefficient (Wildman–Crippen LogP) is 4.78. The standard InChI is InChI=1S/C22H19FO4/c1-22(21(24)25,17-5-3-2-4-6-17)27-20-11-7-16(8-12-20)15-26-19-13-9-18(23)10-14-19/h2-14H,15H2,1H3,(H,24,25). The lowest BCUT2D eigenvalue weighted by atomic mass is 9.96. The molecule has 1 N–H and O–H groups in total. The van der Waals surface area contributed by atoms with E-state index in [1.807, 2.05) is 6.07 Å². The largest absolute Gasteiger partial charge is 0.489 e. The van der Waals surface area contributed by atoms with E-state index in [2.05, 4.69) is 0 Å². The highest BCUT2D eigenvalue weighted by atomic mass is 19.1. The molecule has 3 aromatic rings. The summed E-state index contributed by atoms with van der Waals surface area (Å²) < 4.78 is 24.3. The van der Waals surface area contributed by atoms with Gasteiger partial charge in [-0.05, 0) is 48.9 Å². The minimum Gasteiger partial charge on any atom is -0.489 e. The minimum atomic E-state index is -1.49. The molecule has 0 fully saturated rings. The van der Waals surface area contributed by atoms with Crippen molar-refractivity contribution in [2.75, 3.05) is 0 Å². The normalized spacial score (nSPS) is 12.8. The number of rotatable bonds is 7. The van der Waals surface area contributed by atoms with Crippen molar-refractivity contribution in [3.05, 3.63) is 95.8 Å². The fourth-order valence-corrected chi connectivity index (χ4v) is 2.57. The lowest BCUT2D eigenvalue weighted by Crippen LogP contribution is -2.38. The SMILES string of the molecule is CC(Oc1ccc(COc2ccc(F)cc2)cc1)(C(=O)O)c1ccccc1. The first-order chi connectivity index (χ1) is 13.0. The average Bonchev–Trinajstić information content (AvgIpc) is 2.69. The van der Waals surface area contributed by atoms with E-state index >= 15 is 0 Å². The second-order valence-electron chi connectivity index (χ2n) is 6.19. The molecule has 4 nitrogen and oxygen atoms in total. The summed E-state index contributed by atoms with van der Waals surface area (Å²) in [4.78, 5) is 11.8. The van der Waals surface area contributed by atoms with Crippen LogP contribution in [0.2, 0.25) is 0 Å². The van der Waals surface area contributed by atoms with Crippen molar-refractivity contribution in [1.29, 1.82) is 0 Å². The van der Waals surface area contributed by atoms with E-state index < -0.39 is 11.6 Å². The smallest absolute Gasteiger partial charge is 0.352 e. The Hall–Kier alpha value is -3.34. The number of halogens is 1. The van der Waals surface area contributed by atoms with Crippen LogP contribution >= 0.6 is 0 Å². The number of carbonyl (C=O) groups is 1. The van der Waals surface area contributed by atoms with E-state index in [1.165, 1.54) is 19.1 Å². The van der Waals surface area contributed by atoms with Gasteiger partial charge in [0.2, 0.25) is 5.60 Å². The Morgan fingerprint density at radius 1 is 0.926 bits per heavy atom. The first-order valence-corrected chi connectivity index (χ1v) is 8.42. The van der Waals surface area contributed by atoms with Gasteiger partial charge in [-0.15, -0.1) is 0 Å². The summed E-state index contributed by atoms with van der Waals surface area (Å²) in [6.07, 6.45) is 0. The molecule has 1 atom stereocenters. The maximum Gasteiger partial charge on any atom is 0.352 e. The summed E-state index contributed by atoms with van der Waals surface area (Å²) in [5.41, 5.74) is -0.0578. The molecule has 0 aliphatic rings. The summed E-state index contributed by atoms with van der Waals surface area (Å²) in [5, 5.41) is 9.66. The number of hydrogen-bond donors (Lipinski definition) is 1. The van der Waals surface area contributed by atoms with E-state index in [0.717, 1.165) is 5.56 Å². The van der Waals surface area contributed by atoms with Crippen LogP contribution in [0.5, 0.6) is 11.5 Å². The zero-order valence-electron chi connectivity index (χ0n) is 14.8. The van der Waals surface area contributed by atoms with E-state index in [-0.39, 0.29) is 5.82 Å². The van der Waals surface area contributed by atoms with Crippen LogP contribution in [0.25, 0.3) is 0 Å². The molecule has 0 aromatic heterocycles. The summed E-state index contributed by atoms with van der Waals surface area (Å²) in [7, 11) is 0. The monoisotopic (exact) mass is 366 g/mol. The summed E-state index contributed by atoms with van der Waals surface area (Å²) in [5.74, 6) is -0.380. The molecule has 0 bridgehead atoms. The van der Waals surface area contributed by atoms with Crippen molar-refractivity contribution in [3.8, 4) is 11.5 Å². The van der Waals surface area contributed by atoms with Crippen LogP contribution in [0, 0.1) is 5.82 Å². The number of carboxylic acid groups (broad SMARTS) is 1. The second kappa shape index (κ2) is 7.91. The highest BCUT2D eigenvalue weighted by Gasteiger charge is 2.37. The molecular weight excluding hydrogens is 347 g/mol. The first kappa shape index (κ1) is 18.5. The number of benzene rings is 3. The van der Waals surface area contributed by atoms with Crippen molar-refractivity contribution in [2.24, 2.45) is 0 Å². The van der Waals surface area contributed by atoms with Crippen molar-refractivity contribution < 1.29 is 23.8 Å². The Bertz CT molecular complexity index is 892. The van der Waals surface area contributed by atoms with E-state index in [4.69, 9.17) is 9.47 Å². The molecule has 3 aromatic carbocycles. The molecule has 0 saturated heterocycles. The molecule has 1 unspecified atom stereocenters. The van der Waals surface area contributed by atoms with Crippen molar-refractivity contribution >= 4 is 5.97 Å². The van der Waals surface area contributed by atoms with Gasteiger partial charge in [-0.3, -0.25) is 0 Å². The van der Waals surface area contributed by atoms with Crippen molar-refractivity contribution in [2.45, 2.75) is 19.1 Å². The molecule has 0 saturated carbocycles. The maximum atomic E-state index is 12.9. The van der Waals surface area contributed by atoms with Gasteiger partial charge in [-0.1, -0.05) is 42.5 Å². The Morgan fingerprint density at radius 3 is 2.11 bits per heavy atom. The number of carboxylic acids is 1. The molecule has 0 aliphatic carbocycles. The molecule has 138 valence electrons. The Balaban J connectivity index is 1.69. The maximum absolute atomic E-state index is 12.9. The van der Waals surface area contributed by atoms with Crippen LogP contribution < -0.4 is 9.47 Å². The third-order valence-electron chi connectivity index (χ3n) is 4.20. The lowest BCUT2D eigenvalue weighted by Gasteiger charge is -2.27. The predicted molar refractivity (Wildman–Crippen MR) is 99.2 cm³/mol. The van der Waals surface area contributed by atoms with Gasteiger partial charge in [0.05, 0.1) is 0 Å². The van der Waals surface area contributed by atoms with Crippen LogP contribution in [0.3, 0.4) is 0 Å². The lowest BCUT2D eigenvalue weighted by molar-refractivity contribution is -0.154. The van der Waals surface area contributed by atoms with Crippen molar-refractivity contribution in [1.82, 2.24) is 0 Å². The van der Waals surface area contributed by atoms with Gasteiger partial charge < -0.3 is 14.6 Å². The van der Waals surface area contributed by atoms with Gasteiger partial charge in [0.25, 0.3) is 0 Å². The molecule has 3 rings (SSSR count). The van der Waals surface area contributed by atoms with Gasteiger partial charge >= 0.3 is 5.97 Å². The average molecular weight is 366 g/mol. The molecule has 0 radical (unpaired) electrons. The molecule has 27 heavy (non-hydrogen) atoms. The zero-order valence-corrected chi connectivity index (χ0v) is 14.8. The minimum absolute atomic E-state index is 0.306. The van der Waals surface area contributed by atoms with Crippen LogP contribution in [-0.2, 0) is 17.0 Å². The van der Waals surface area contributed by atoms with Crippen LogP contribution in [0.4, 0.5) is 4.39 Å². The topological polar surface area (TPSA) is 55.8 Å². The molecule has 0 aliphatic heterocycles. The van der Waals surface area contributed by atoms with Gasteiger partial charge in [0.1, 0.15) is 23.9 Å². The molecular formula is C22H19FO4. The number of hydrogen-bond acceptors (Lipinski definition) is 3. The van der Waals surface area contributed by atoms with Gasteiger partial charge in [0, 0.05) is 5.56 Å². The van der Waals surface area contributed by atoms with Crippen LogP contribution in [-0.4, -0.2) is 11.1 Å². The van der Waals surface area contributed by atoms with E-state index in [1.54, 1.807) is 60.7 Å². The van der Waals surface area contributed by atoms with Crippen LogP contribution in [0.15, 0.2) is 78.9 Å². The Labute approximate surface area is 156 Å². The second-order valence-corrected chi connectivity index (χ2v) is 6.19. The quantitative estimate of drug-likeness (QED) is 0.654.